The third-order valence-electron chi connectivity index (χ3n) is 3.55. The molecule has 1 unspecified atom stereocenters. The molecule has 3 rings (SSSR count). The lowest BCUT2D eigenvalue weighted by molar-refractivity contribution is -0.151. The van der Waals surface area contributed by atoms with E-state index < -0.39 is 12.0 Å². The Bertz CT molecular complexity index is 682. The molecule has 21 heavy (non-hydrogen) atoms. The second-order valence-corrected chi connectivity index (χ2v) is 4.78. The number of rotatable bonds is 2. The van der Waals surface area contributed by atoms with Crippen molar-refractivity contribution in [3.8, 4) is 0 Å². The van der Waals surface area contributed by atoms with Crippen molar-refractivity contribution in [3.05, 3.63) is 30.0 Å². The molecule has 1 aromatic carbocycles. The molecule has 1 fully saturated rings. The fourth-order valence-corrected chi connectivity index (χ4v) is 2.42. The lowest BCUT2D eigenvalue weighted by atomic mass is 10.1. The highest BCUT2D eigenvalue weighted by molar-refractivity contribution is 5.99. The number of fused-ring (bicyclic) bond motifs is 1. The Hall–Kier alpha value is -2.41. The molecule has 0 bridgehead atoms. The molecule has 1 amide bonds. The predicted octanol–water partition coefficient (Wildman–Crippen LogP) is 0.577. The van der Waals surface area contributed by atoms with Crippen LogP contribution in [0.25, 0.3) is 10.9 Å². The summed E-state index contributed by atoms with van der Waals surface area (Å²) in [4.78, 5) is 25.9. The Morgan fingerprint density at radius 3 is 3.14 bits per heavy atom. The lowest BCUT2D eigenvalue weighted by Gasteiger charge is -2.33. The van der Waals surface area contributed by atoms with E-state index in [0.717, 1.165) is 10.9 Å². The molecule has 2 heterocycles. The third-order valence-corrected chi connectivity index (χ3v) is 3.55. The SMILES string of the molecule is COC(=O)C1COCCN1C(=O)c1ccc2[nH]ncc2c1. The Morgan fingerprint density at radius 1 is 1.48 bits per heavy atom. The maximum absolute atomic E-state index is 12.6. The average molecular weight is 289 g/mol. The van der Waals surface area contributed by atoms with Gasteiger partial charge in [0.2, 0.25) is 0 Å². The van der Waals surface area contributed by atoms with E-state index in [1.54, 1.807) is 24.4 Å². The molecule has 7 heteroatoms. The number of amides is 1. The summed E-state index contributed by atoms with van der Waals surface area (Å²) in [5.74, 6) is -0.677. The molecule has 1 atom stereocenters. The minimum absolute atomic E-state index is 0.159. The second kappa shape index (κ2) is 5.53. The van der Waals surface area contributed by atoms with Crippen LogP contribution in [0.1, 0.15) is 10.4 Å². The highest BCUT2D eigenvalue weighted by Gasteiger charge is 2.34. The highest BCUT2D eigenvalue weighted by atomic mass is 16.5. The van der Waals surface area contributed by atoms with E-state index in [2.05, 4.69) is 10.2 Å². The van der Waals surface area contributed by atoms with Crippen molar-refractivity contribution in [2.24, 2.45) is 0 Å². The van der Waals surface area contributed by atoms with E-state index in [-0.39, 0.29) is 12.5 Å². The minimum atomic E-state index is -0.698. The van der Waals surface area contributed by atoms with Crippen molar-refractivity contribution in [2.75, 3.05) is 26.9 Å². The van der Waals surface area contributed by atoms with Crippen LogP contribution in [0.5, 0.6) is 0 Å². The lowest BCUT2D eigenvalue weighted by Crippen LogP contribution is -2.53. The summed E-state index contributed by atoms with van der Waals surface area (Å²) < 4.78 is 10.0. The smallest absolute Gasteiger partial charge is 0.331 e. The Labute approximate surface area is 120 Å². The maximum Gasteiger partial charge on any atom is 0.331 e. The number of carbonyl (C=O) groups excluding carboxylic acids is 2. The van der Waals surface area contributed by atoms with E-state index in [4.69, 9.17) is 9.47 Å². The van der Waals surface area contributed by atoms with Crippen LogP contribution in [-0.2, 0) is 14.3 Å². The van der Waals surface area contributed by atoms with E-state index in [1.165, 1.54) is 12.0 Å². The number of benzene rings is 1. The van der Waals surface area contributed by atoms with Gasteiger partial charge in [0.1, 0.15) is 0 Å². The second-order valence-electron chi connectivity index (χ2n) is 4.78. The van der Waals surface area contributed by atoms with Gasteiger partial charge in [-0.3, -0.25) is 9.89 Å². The van der Waals surface area contributed by atoms with Gasteiger partial charge in [0.25, 0.3) is 5.91 Å². The number of carbonyl (C=O) groups is 2. The van der Waals surface area contributed by atoms with Crippen LogP contribution in [0.3, 0.4) is 0 Å². The summed E-state index contributed by atoms with van der Waals surface area (Å²) >= 11 is 0. The fourth-order valence-electron chi connectivity index (χ4n) is 2.42. The third kappa shape index (κ3) is 2.47. The number of hydrogen-bond acceptors (Lipinski definition) is 5. The topological polar surface area (TPSA) is 84.5 Å². The van der Waals surface area contributed by atoms with Crippen molar-refractivity contribution in [3.63, 3.8) is 0 Å². The van der Waals surface area contributed by atoms with Crippen LogP contribution in [0.2, 0.25) is 0 Å². The molecule has 7 nitrogen and oxygen atoms in total. The number of nitrogens with zero attached hydrogens (tertiary/aromatic N) is 2. The van der Waals surface area contributed by atoms with Gasteiger partial charge >= 0.3 is 5.97 Å². The van der Waals surface area contributed by atoms with Gasteiger partial charge in [-0.15, -0.1) is 0 Å². The first kappa shape index (κ1) is 13.6. The van der Waals surface area contributed by atoms with Gasteiger partial charge in [-0.25, -0.2) is 4.79 Å². The largest absolute Gasteiger partial charge is 0.467 e. The molecule has 1 aromatic heterocycles. The van der Waals surface area contributed by atoms with Gasteiger partial charge in [-0.1, -0.05) is 0 Å². The van der Waals surface area contributed by atoms with Crippen LogP contribution in [0.4, 0.5) is 0 Å². The number of aromatic nitrogens is 2. The molecule has 0 spiro atoms. The van der Waals surface area contributed by atoms with Crippen LogP contribution in [0, 0.1) is 0 Å². The standard InChI is InChI=1S/C14H15N3O4/c1-20-14(19)12-8-21-5-4-17(12)13(18)9-2-3-11-10(6-9)7-15-16-11/h2-3,6-7,12H,4-5,8H2,1H3,(H,15,16). The number of esters is 1. The summed E-state index contributed by atoms with van der Waals surface area (Å²) in [5, 5.41) is 7.61. The molecule has 0 aliphatic carbocycles. The summed E-state index contributed by atoms with van der Waals surface area (Å²) in [6.07, 6.45) is 1.66. The zero-order valence-corrected chi connectivity index (χ0v) is 11.5. The van der Waals surface area contributed by atoms with Crippen molar-refractivity contribution >= 4 is 22.8 Å². The van der Waals surface area contributed by atoms with E-state index >= 15 is 0 Å². The first-order chi connectivity index (χ1) is 10.2. The first-order valence-electron chi connectivity index (χ1n) is 6.60. The number of methoxy groups -OCH3 is 1. The van der Waals surface area contributed by atoms with Gasteiger partial charge in [0, 0.05) is 17.5 Å². The van der Waals surface area contributed by atoms with E-state index in [0.29, 0.717) is 18.7 Å². The van der Waals surface area contributed by atoms with Crippen LogP contribution in [-0.4, -0.2) is 59.9 Å². The average Bonchev–Trinajstić information content (AvgIpc) is 3.01. The van der Waals surface area contributed by atoms with Crippen molar-refractivity contribution in [1.29, 1.82) is 0 Å². The number of hydrogen-bond donors (Lipinski definition) is 1. The zero-order chi connectivity index (χ0) is 14.8. The summed E-state index contributed by atoms with van der Waals surface area (Å²) in [6, 6.07) is 4.57. The van der Waals surface area contributed by atoms with Gasteiger partial charge in [-0.2, -0.15) is 5.10 Å². The summed E-state index contributed by atoms with van der Waals surface area (Å²) in [7, 11) is 1.30. The van der Waals surface area contributed by atoms with Gasteiger partial charge in [0.15, 0.2) is 6.04 Å². The van der Waals surface area contributed by atoms with Crippen LogP contribution in [0.15, 0.2) is 24.4 Å². The molecule has 1 aliphatic heterocycles. The first-order valence-corrected chi connectivity index (χ1v) is 6.60. The van der Waals surface area contributed by atoms with E-state index in [1.807, 2.05) is 0 Å². The number of nitrogens with one attached hydrogen (secondary N) is 1. The van der Waals surface area contributed by atoms with Crippen molar-refractivity contribution < 1.29 is 19.1 Å². The Kier molecular flexibility index (Phi) is 3.57. The monoisotopic (exact) mass is 289 g/mol. The summed E-state index contributed by atoms with van der Waals surface area (Å²) in [5.41, 5.74) is 1.37. The van der Waals surface area contributed by atoms with Gasteiger partial charge in [0.05, 0.1) is 32.0 Å². The number of morpholine rings is 1. The molecule has 2 aromatic rings. The molecular weight excluding hydrogens is 274 g/mol. The molecule has 0 saturated carbocycles. The molecule has 0 radical (unpaired) electrons. The maximum atomic E-state index is 12.6. The van der Waals surface area contributed by atoms with Crippen molar-refractivity contribution in [1.82, 2.24) is 15.1 Å². The zero-order valence-electron chi connectivity index (χ0n) is 11.5. The molecule has 1 N–H and O–H groups in total. The van der Waals surface area contributed by atoms with E-state index in [9.17, 15) is 9.59 Å². The van der Waals surface area contributed by atoms with Crippen molar-refractivity contribution in [2.45, 2.75) is 6.04 Å². The quantitative estimate of drug-likeness (QED) is 0.817. The van der Waals surface area contributed by atoms with Gasteiger partial charge < -0.3 is 14.4 Å². The Morgan fingerprint density at radius 2 is 2.33 bits per heavy atom. The highest BCUT2D eigenvalue weighted by Crippen LogP contribution is 2.17. The Balaban J connectivity index is 1.89. The number of aromatic amines is 1. The number of H-pyrrole nitrogens is 1. The van der Waals surface area contributed by atoms with Crippen LogP contribution >= 0.6 is 0 Å². The molecule has 1 saturated heterocycles. The molecule has 110 valence electrons. The molecule has 1 aliphatic rings. The van der Waals surface area contributed by atoms with Crippen LogP contribution < -0.4 is 0 Å². The predicted molar refractivity (Wildman–Crippen MR) is 73.8 cm³/mol. The molecular formula is C14H15N3O4. The van der Waals surface area contributed by atoms with Gasteiger partial charge in [-0.05, 0) is 18.2 Å². The fraction of sp³-hybridized carbons (Fsp3) is 0.357. The summed E-state index contributed by atoms with van der Waals surface area (Å²) in [6.45, 7) is 0.932. The normalized spacial score (nSPS) is 18.7. The minimum Gasteiger partial charge on any atom is -0.467 e. The number of ether oxygens (including phenoxy) is 2.